The maximum atomic E-state index is 13.1. The molecule has 1 fully saturated rings. The van der Waals surface area contributed by atoms with Gasteiger partial charge in [-0.1, -0.05) is 12.1 Å². The molecule has 1 atom stereocenters. The molecule has 0 bridgehead atoms. The van der Waals surface area contributed by atoms with Crippen molar-refractivity contribution in [2.45, 2.75) is 19.9 Å². The van der Waals surface area contributed by atoms with Crippen LogP contribution in [0, 0.1) is 6.92 Å². The molecule has 2 aromatic carbocycles. The van der Waals surface area contributed by atoms with Gasteiger partial charge in [0.25, 0.3) is 5.91 Å². The maximum Gasteiger partial charge on any atom is 0.254 e. The second kappa shape index (κ2) is 8.42. The number of carbonyl (C=O) groups excluding carboxylic acids is 1. The molecule has 3 rings (SSSR count). The van der Waals surface area contributed by atoms with E-state index in [9.17, 15) is 4.79 Å². The summed E-state index contributed by atoms with van der Waals surface area (Å²) >= 11 is 0. The van der Waals surface area contributed by atoms with Crippen molar-refractivity contribution < 1.29 is 19.0 Å². The fraction of sp³-hybridized carbons (Fsp3) is 0.409. The van der Waals surface area contributed by atoms with Crippen LogP contribution in [0.4, 0.5) is 5.69 Å². The Hall–Kier alpha value is -2.89. The summed E-state index contributed by atoms with van der Waals surface area (Å²) in [5.41, 5.74) is 2.97. The van der Waals surface area contributed by atoms with Crippen molar-refractivity contribution in [1.82, 2.24) is 4.90 Å². The molecule has 1 aliphatic heterocycles. The first-order chi connectivity index (χ1) is 13.5. The monoisotopic (exact) mass is 384 g/mol. The van der Waals surface area contributed by atoms with Crippen molar-refractivity contribution in [3.63, 3.8) is 0 Å². The van der Waals surface area contributed by atoms with Crippen molar-refractivity contribution in [3.8, 4) is 17.2 Å². The van der Waals surface area contributed by atoms with Crippen molar-refractivity contribution in [3.05, 3.63) is 47.5 Å². The molecule has 1 heterocycles. The number of benzene rings is 2. The predicted octanol–water partition coefficient (Wildman–Crippen LogP) is 3.37. The summed E-state index contributed by atoms with van der Waals surface area (Å²) in [6.07, 6.45) is 0. The normalized spacial score (nSPS) is 16.7. The van der Waals surface area contributed by atoms with Crippen LogP contribution in [-0.4, -0.2) is 57.8 Å². The Bertz CT molecular complexity index is 827. The van der Waals surface area contributed by atoms with Crippen LogP contribution in [0.2, 0.25) is 0 Å². The quantitative estimate of drug-likeness (QED) is 0.791. The Morgan fingerprint density at radius 1 is 1.00 bits per heavy atom. The molecule has 28 heavy (non-hydrogen) atoms. The lowest BCUT2D eigenvalue weighted by atomic mass is 10.1. The van der Waals surface area contributed by atoms with Crippen molar-refractivity contribution in [2.24, 2.45) is 0 Å². The number of anilines is 1. The van der Waals surface area contributed by atoms with E-state index in [2.05, 4.69) is 43.0 Å². The minimum absolute atomic E-state index is 0.0324. The van der Waals surface area contributed by atoms with Gasteiger partial charge in [0.05, 0.1) is 21.3 Å². The average molecular weight is 384 g/mol. The summed E-state index contributed by atoms with van der Waals surface area (Å²) in [5.74, 6) is 1.42. The summed E-state index contributed by atoms with van der Waals surface area (Å²) < 4.78 is 16.1. The molecular weight excluding hydrogens is 356 g/mol. The first-order valence-electron chi connectivity index (χ1n) is 9.41. The van der Waals surface area contributed by atoms with Crippen LogP contribution in [0.3, 0.4) is 0 Å². The molecular formula is C22H28N2O4. The highest BCUT2D eigenvalue weighted by Crippen LogP contribution is 2.38. The smallest absolute Gasteiger partial charge is 0.254 e. The highest BCUT2D eigenvalue weighted by atomic mass is 16.5. The van der Waals surface area contributed by atoms with Crippen LogP contribution in [0.5, 0.6) is 17.2 Å². The molecule has 0 aliphatic carbocycles. The lowest BCUT2D eigenvalue weighted by molar-refractivity contribution is 0.0725. The van der Waals surface area contributed by atoms with Gasteiger partial charge >= 0.3 is 0 Å². The summed E-state index contributed by atoms with van der Waals surface area (Å²) in [7, 11) is 4.65. The van der Waals surface area contributed by atoms with Gasteiger partial charge in [0.1, 0.15) is 0 Å². The summed E-state index contributed by atoms with van der Waals surface area (Å²) in [5, 5.41) is 0. The summed E-state index contributed by atoms with van der Waals surface area (Å²) in [6.45, 7) is 6.35. The average Bonchev–Trinajstić information content (AvgIpc) is 2.71. The largest absolute Gasteiger partial charge is 0.493 e. The summed E-state index contributed by atoms with van der Waals surface area (Å²) in [4.78, 5) is 17.4. The number of nitrogens with zero attached hydrogens (tertiary/aromatic N) is 2. The van der Waals surface area contributed by atoms with Gasteiger partial charge < -0.3 is 24.0 Å². The number of hydrogen-bond acceptors (Lipinski definition) is 5. The molecule has 150 valence electrons. The minimum Gasteiger partial charge on any atom is -0.493 e. The third-order valence-corrected chi connectivity index (χ3v) is 5.16. The number of aryl methyl sites for hydroxylation is 1. The Morgan fingerprint density at radius 3 is 2.21 bits per heavy atom. The molecule has 6 heteroatoms. The molecule has 0 aromatic heterocycles. The lowest BCUT2D eigenvalue weighted by Gasteiger charge is -2.41. The Labute approximate surface area is 166 Å². The van der Waals surface area contributed by atoms with E-state index in [1.165, 1.54) is 11.3 Å². The predicted molar refractivity (Wildman–Crippen MR) is 110 cm³/mol. The van der Waals surface area contributed by atoms with Crippen molar-refractivity contribution >= 4 is 11.6 Å². The number of ether oxygens (including phenoxy) is 3. The molecule has 1 amide bonds. The van der Waals surface area contributed by atoms with Crippen LogP contribution < -0.4 is 19.1 Å². The zero-order valence-corrected chi connectivity index (χ0v) is 17.2. The number of hydrogen-bond donors (Lipinski definition) is 0. The van der Waals surface area contributed by atoms with Gasteiger partial charge in [0.2, 0.25) is 5.75 Å². The molecule has 1 aliphatic rings. The van der Waals surface area contributed by atoms with Crippen LogP contribution >= 0.6 is 0 Å². The van der Waals surface area contributed by atoms with Gasteiger partial charge in [-0.15, -0.1) is 0 Å². The van der Waals surface area contributed by atoms with Crippen LogP contribution in [0.25, 0.3) is 0 Å². The standard InChI is InChI=1S/C22H28N2O4/c1-15-7-6-8-18(11-15)24-10-9-23(14-16(24)2)22(25)17-12-19(26-3)21(28-5)20(13-17)27-4/h6-8,11-13,16H,9-10,14H2,1-5H3. The number of amides is 1. The van der Waals surface area contributed by atoms with E-state index in [1.54, 1.807) is 33.5 Å². The van der Waals surface area contributed by atoms with E-state index >= 15 is 0 Å². The molecule has 0 spiro atoms. The van der Waals surface area contributed by atoms with E-state index in [-0.39, 0.29) is 11.9 Å². The van der Waals surface area contributed by atoms with E-state index in [4.69, 9.17) is 14.2 Å². The molecule has 6 nitrogen and oxygen atoms in total. The first-order valence-corrected chi connectivity index (χ1v) is 9.41. The van der Waals surface area contributed by atoms with E-state index in [0.717, 1.165) is 6.54 Å². The lowest BCUT2D eigenvalue weighted by Crippen LogP contribution is -2.53. The second-order valence-corrected chi connectivity index (χ2v) is 7.05. The highest BCUT2D eigenvalue weighted by Gasteiger charge is 2.28. The van der Waals surface area contributed by atoms with E-state index < -0.39 is 0 Å². The van der Waals surface area contributed by atoms with Crippen molar-refractivity contribution in [2.75, 3.05) is 45.9 Å². The van der Waals surface area contributed by atoms with Gasteiger partial charge in [-0.25, -0.2) is 0 Å². The van der Waals surface area contributed by atoms with Crippen molar-refractivity contribution in [1.29, 1.82) is 0 Å². The number of rotatable bonds is 5. The summed E-state index contributed by atoms with van der Waals surface area (Å²) in [6, 6.07) is 12.1. The molecule has 1 saturated heterocycles. The maximum absolute atomic E-state index is 13.1. The number of piperazine rings is 1. The highest BCUT2D eigenvalue weighted by molar-refractivity contribution is 5.96. The van der Waals surface area contributed by atoms with Gasteiger partial charge in [-0.05, 0) is 43.7 Å². The van der Waals surface area contributed by atoms with Gasteiger partial charge in [-0.3, -0.25) is 4.79 Å². The van der Waals surface area contributed by atoms with Gasteiger partial charge in [0, 0.05) is 36.9 Å². The second-order valence-electron chi connectivity index (χ2n) is 7.05. The topological polar surface area (TPSA) is 51.2 Å². The molecule has 0 radical (unpaired) electrons. The molecule has 0 N–H and O–H groups in total. The Morgan fingerprint density at radius 2 is 1.68 bits per heavy atom. The fourth-order valence-corrected chi connectivity index (χ4v) is 3.72. The van der Waals surface area contributed by atoms with Crippen LogP contribution in [-0.2, 0) is 0 Å². The van der Waals surface area contributed by atoms with E-state index in [0.29, 0.717) is 35.9 Å². The van der Waals surface area contributed by atoms with Gasteiger partial charge in [-0.2, -0.15) is 0 Å². The zero-order chi connectivity index (χ0) is 20.3. The Kier molecular flexibility index (Phi) is 5.97. The number of methoxy groups -OCH3 is 3. The molecule has 0 saturated carbocycles. The van der Waals surface area contributed by atoms with E-state index in [1.807, 2.05) is 4.90 Å². The third kappa shape index (κ3) is 3.86. The minimum atomic E-state index is -0.0324. The molecule has 1 unspecified atom stereocenters. The zero-order valence-electron chi connectivity index (χ0n) is 17.2. The van der Waals surface area contributed by atoms with Crippen LogP contribution in [0.15, 0.2) is 36.4 Å². The molecule has 2 aromatic rings. The third-order valence-electron chi connectivity index (χ3n) is 5.16. The first kappa shape index (κ1) is 19.9. The van der Waals surface area contributed by atoms with Gasteiger partial charge in [0.15, 0.2) is 11.5 Å². The number of carbonyl (C=O) groups is 1. The van der Waals surface area contributed by atoms with Crippen LogP contribution in [0.1, 0.15) is 22.8 Å². The fourth-order valence-electron chi connectivity index (χ4n) is 3.72. The Balaban J connectivity index is 1.79. The SMILES string of the molecule is COc1cc(C(=O)N2CCN(c3cccc(C)c3)C(C)C2)cc(OC)c1OC.